The Morgan fingerprint density at radius 1 is 1.13 bits per heavy atom. The van der Waals surface area contributed by atoms with E-state index in [-0.39, 0.29) is 17.2 Å². The molecule has 0 saturated heterocycles. The average Bonchev–Trinajstić information content (AvgIpc) is 3.02. The van der Waals surface area contributed by atoms with Crippen LogP contribution in [0.2, 0.25) is 5.02 Å². The second kappa shape index (κ2) is 9.35. The number of hydrogen-bond donors (Lipinski definition) is 1. The van der Waals surface area contributed by atoms with E-state index >= 15 is 0 Å². The molecule has 1 aliphatic rings. The Morgan fingerprint density at radius 2 is 1.82 bits per heavy atom. The molecule has 2 aromatic carbocycles. The first-order valence-electron chi connectivity index (χ1n) is 11.3. The van der Waals surface area contributed by atoms with E-state index < -0.39 is 51.9 Å². The summed E-state index contributed by atoms with van der Waals surface area (Å²) in [4.78, 5) is 52.0. The molecule has 0 bridgehead atoms. The van der Waals surface area contributed by atoms with Gasteiger partial charge in [0.05, 0.1) is 34.4 Å². The van der Waals surface area contributed by atoms with E-state index in [1.165, 1.54) is 23.1 Å². The number of amides is 1. The van der Waals surface area contributed by atoms with Crippen molar-refractivity contribution in [3.8, 4) is 11.4 Å². The lowest BCUT2D eigenvalue weighted by atomic mass is 9.86. The summed E-state index contributed by atoms with van der Waals surface area (Å²) in [6.07, 6.45) is -5.74. The van der Waals surface area contributed by atoms with Gasteiger partial charge in [0, 0.05) is 12.2 Å². The van der Waals surface area contributed by atoms with Crippen molar-refractivity contribution in [2.75, 3.05) is 11.4 Å². The quantitative estimate of drug-likeness (QED) is 0.470. The van der Waals surface area contributed by atoms with Gasteiger partial charge in [-0.05, 0) is 50.1 Å². The van der Waals surface area contributed by atoms with Crippen LogP contribution in [-0.2, 0) is 22.9 Å². The fraction of sp³-hybridized carbons (Fsp3) is 0.280. The molecule has 0 saturated carbocycles. The van der Waals surface area contributed by atoms with Crippen LogP contribution in [0.3, 0.4) is 0 Å². The number of carbonyl (C=O) groups is 2. The van der Waals surface area contributed by atoms with Crippen LogP contribution in [-0.4, -0.2) is 32.8 Å². The summed E-state index contributed by atoms with van der Waals surface area (Å²) in [5.41, 5.74) is -2.98. The van der Waals surface area contributed by atoms with Crippen LogP contribution in [0.25, 0.3) is 5.69 Å². The Labute approximate surface area is 218 Å². The first-order chi connectivity index (χ1) is 17.7. The van der Waals surface area contributed by atoms with Gasteiger partial charge in [-0.25, -0.2) is 9.59 Å². The smallest absolute Gasteiger partial charge is 0.449 e. The first-order valence-corrected chi connectivity index (χ1v) is 11.6. The molecule has 0 atom stereocenters. The Balaban J connectivity index is 1.92. The number of ether oxygens (including phenoxy) is 1. The fourth-order valence-electron chi connectivity index (χ4n) is 4.45. The zero-order valence-corrected chi connectivity index (χ0v) is 21.1. The van der Waals surface area contributed by atoms with E-state index in [1.54, 1.807) is 26.8 Å². The van der Waals surface area contributed by atoms with Crippen LogP contribution in [0.1, 0.15) is 37.5 Å². The summed E-state index contributed by atoms with van der Waals surface area (Å²) in [5.74, 6) is -0.914. The largest absolute Gasteiger partial charge is 0.511 e. The zero-order chi connectivity index (χ0) is 28.2. The molecule has 0 spiro atoms. The summed E-state index contributed by atoms with van der Waals surface area (Å²) in [6.45, 7) is 4.93. The Kier molecular flexibility index (Phi) is 6.64. The number of alkyl halides is 3. The summed E-state index contributed by atoms with van der Waals surface area (Å²) in [6, 6.07) is 7.71. The predicted molar refractivity (Wildman–Crippen MR) is 132 cm³/mol. The molecule has 9 nitrogen and oxygen atoms in total. The Bertz CT molecular complexity index is 1590. The minimum Gasteiger partial charge on any atom is -0.449 e. The second-order valence-corrected chi connectivity index (χ2v) is 9.44. The average molecular weight is 552 g/mol. The van der Waals surface area contributed by atoms with Crippen molar-refractivity contribution in [1.29, 1.82) is 0 Å². The number of fused-ring (bicyclic) bond motifs is 1. The lowest BCUT2D eigenvalue weighted by Gasteiger charge is -2.18. The lowest BCUT2D eigenvalue weighted by Crippen LogP contribution is -2.40. The molecule has 2 heterocycles. The van der Waals surface area contributed by atoms with Crippen molar-refractivity contribution < 1.29 is 32.6 Å². The fourth-order valence-corrected chi connectivity index (χ4v) is 4.75. The van der Waals surface area contributed by atoms with Crippen LogP contribution in [0.4, 0.5) is 23.7 Å². The molecule has 1 aromatic heterocycles. The van der Waals surface area contributed by atoms with Gasteiger partial charge in [0.2, 0.25) is 11.7 Å². The molecule has 3 aromatic rings. The maximum atomic E-state index is 13.4. The van der Waals surface area contributed by atoms with Gasteiger partial charge in [-0.2, -0.15) is 13.2 Å². The highest BCUT2D eigenvalue weighted by atomic mass is 35.5. The van der Waals surface area contributed by atoms with Gasteiger partial charge in [-0.1, -0.05) is 29.8 Å². The van der Waals surface area contributed by atoms with E-state index in [4.69, 9.17) is 16.7 Å². The number of likely N-dealkylation sites (N-methyl/N-ethyl adjacent to an activating group) is 1. The minimum atomic E-state index is -4.78. The molecular weight excluding hydrogens is 531 g/mol. The molecule has 0 unspecified atom stereocenters. The number of carbonyl (C=O) groups excluding carboxylic acids is 1. The summed E-state index contributed by atoms with van der Waals surface area (Å²) in [7, 11) is 0. The normalized spacial score (nSPS) is 14.5. The molecular formula is C25H21ClF3N3O6. The van der Waals surface area contributed by atoms with Gasteiger partial charge in [0.25, 0.3) is 5.56 Å². The third-order valence-electron chi connectivity index (χ3n) is 6.37. The third-order valence-corrected chi connectivity index (χ3v) is 6.82. The van der Waals surface area contributed by atoms with Gasteiger partial charge in [0.1, 0.15) is 0 Å². The van der Waals surface area contributed by atoms with Crippen molar-refractivity contribution in [3.63, 3.8) is 0 Å². The topological polar surface area (TPSA) is 111 Å². The Morgan fingerprint density at radius 3 is 2.42 bits per heavy atom. The van der Waals surface area contributed by atoms with Crippen LogP contribution < -0.4 is 20.9 Å². The molecule has 1 aliphatic heterocycles. The number of aromatic nitrogens is 2. The van der Waals surface area contributed by atoms with Crippen LogP contribution in [0, 0.1) is 0 Å². The van der Waals surface area contributed by atoms with Crippen LogP contribution in [0.5, 0.6) is 5.75 Å². The molecule has 0 radical (unpaired) electrons. The number of halogens is 4. The number of benzene rings is 2. The number of nitrogens with zero attached hydrogens (tertiary/aromatic N) is 3. The molecule has 4 rings (SSSR count). The van der Waals surface area contributed by atoms with Gasteiger partial charge >= 0.3 is 18.0 Å². The van der Waals surface area contributed by atoms with E-state index in [1.807, 2.05) is 0 Å². The van der Waals surface area contributed by atoms with Crippen molar-refractivity contribution in [2.45, 2.75) is 38.9 Å². The van der Waals surface area contributed by atoms with Crippen molar-refractivity contribution in [2.24, 2.45) is 0 Å². The summed E-state index contributed by atoms with van der Waals surface area (Å²) in [5, 5.41) is 8.40. The first kappa shape index (κ1) is 27.0. The van der Waals surface area contributed by atoms with Gasteiger partial charge < -0.3 is 14.7 Å². The number of hydrogen-bond acceptors (Lipinski definition) is 5. The highest BCUT2D eigenvalue weighted by molar-refractivity contribution is 6.32. The third kappa shape index (κ3) is 4.44. The van der Waals surface area contributed by atoms with E-state index in [0.29, 0.717) is 22.4 Å². The summed E-state index contributed by atoms with van der Waals surface area (Å²) < 4.78 is 46.0. The SMILES string of the molecule is CCN1C(=O)C(C)(C)c2ccc(-n3cc(OC(=O)O)c(=O)n(Cc4cccc(C(F)(F)F)c4Cl)c3=O)cc21. The van der Waals surface area contributed by atoms with Crippen LogP contribution in [0.15, 0.2) is 52.2 Å². The van der Waals surface area contributed by atoms with E-state index in [9.17, 15) is 32.3 Å². The monoisotopic (exact) mass is 551 g/mol. The molecule has 38 heavy (non-hydrogen) atoms. The lowest BCUT2D eigenvalue weighted by molar-refractivity contribution is -0.137. The number of rotatable bonds is 5. The number of anilines is 1. The standard InChI is InChI=1S/C25H21ClF3N3O6/c1-4-30-17-10-14(8-9-15(17)24(2,3)21(30)34)31-12-18(38-23(36)37)20(33)32(22(31)35)11-13-6-5-7-16(19(13)26)25(27,28)29/h5-10,12H,4,11H2,1-3H3,(H,36,37). The highest BCUT2D eigenvalue weighted by Gasteiger charge is 2.43. The van der Waals surface area contributed by atoms with Gasteiger partial charge in [0.15, 0.2) is 0 Å². The maximum absolute atomic E-state index is 13.4. The molecule has 1 N–H and O–H groups in total. The summed E-state index contributed by atoms with van der Waals surface area (Å²) >= 11 is 5.96. The van der Waals surface area contributed by atoms with Crippen molar-refractivity contribution in [1.82, 2.24) is 9.13 Å². The molecule has 13 heteroatoms. The second-order valence-electron chi connectivity index (χ2n) is 9.06. The van der Waals surface area contributed by atoms with Gasteiger partial charge in [-0.15, -0.1) is 0 Å². The zero-order valence-electron chi connectivity index (χ0n) is 20.3. The van der Waals surface area contributed by atoms with E-state index in [0.717, 1.165) is 22.9 Å². The van der Waals surface area contributed by atoms with Gasteiger partial charge in [-0.3, -0.25) is 18.7 Å². The van der Waals surface area contributed by atoms with Crippen LogP contribution >= 0.6 is 11.6 Å². The van der Waals surface area contributed by atoms with E-state index in [2.05, 4.69) is 4.74 Å². The maximum Gasteiger partial charge on any atom is 0.511 e. The molecule has 200 valence electrons. The Hall–Kier alpha value is -4.06. The molecule has 0 fully saturated rings. The predicted octanol–water partition coefficient (Wildman–Crippen LogP) is 4.42. The van der Waals surface area contributed by atoms with Crippen molar-refractivity contribution >= 4 is 29.4 Å². The highest BCUT2D eigenvalue weighted by Crippen LogP contribution is 2.42. The molecule has 0 aliphatic carbocycles. The van der Waals surface area contributed by atoms with Crippen molar-refractivity contribution in [3.05, 3.63) is 85.1 Å². The number of carboxylic acid groups (broad SMARTS) is 1. The minimum absolute atomic E-state index is 0.154. The molecule has 1 amide bonds.